The van der Waals surface area contributed by atoms with E-state index in [4.69, 9.17) is 5.11 Å². The lowest BCUT2D eigenvalue weighted by molar-refractivity contribution is -0.138. The summed E-state index contributed by atoms with van der Waals surface area (Å²) < 4.78 is 0. The molecular weight excluding hydrogens is 176 g/mol. The van der Waals surface area contributed by atoms with Crippen LogP contribution in [0.15, 0.2) is 24.3 Å². The van der Waals surface area contributed by atoms with Gasteiger partial charge in [-0.1, -0.05) is 29.8 Å². The van der Waals surface area contributed by atoms with Gasteiger partial charge in [-0.05, 0) is 31.2 Å². The number of aliphatic carboxylic acids is 1. The van der Waals surface area contributed by atoms with Crippen molar-refractivity contribution in [3.8, 4) is 0 Å². The fourth-order valence-electron chi connectivity index (χ4n) is 1.80. The smallest absolute Gasteiger partial charge is 0.306 e. The first-order chi connectivity index (χ1) is 6.66. The second kappa shape index (κ2) is 3.45. The van der Waals surface area contributed by atoms with E-state index in [2.05, 4.69) is 31.2 Å². The first kappa shape index (κ1) is 9.25. The Balaban J connectivity index is 1.94. The SMILES string of the molecule is Cc1ccc(CC2CC2C(=O)O)cc1. The third kappa shape index (κ3) is 1.95. The Morgan fingerprint density at radius 3 is 2.57 bits per heavy atom. The monoisotopic (exact) mass is 190 g/mol. The van der Waals surface area contributed by atoms with Crippen molar-refractivity contribution in [2.24, 2.45) is 11.8 Å². The molecule has 0 aromatic heterocycles. The summed E-state index contributed by atoms with van der Waals surface area (Å²) in [5, 5.41) is 8.75. The van der Waals surface area contributed by atoms with Crippen molar-refractivity contribution in [1.29, 1.82) is 0 Å². The Labute approximate surface area is 83.6 Å². The Hall–Kier alpha value is -1.31. The molecule has 0 aliphatic heterocycles. The van der Waals surface area contributed by atoms with E-state index in [9.17, 15) is 4.79 Å². The maximum atomic E-state index is 10.6. The van der Waals surface area contributed by atoms with Crippen molar-refractivity contribution in [1.82, 2.24) is 0 Å². The van der Waals surface area contributed by atoms with Gasteiger partial charge in [0, 0.05) is 0 Å². The number of hydrogen-bond donors (Lipinski definition) is 1. The molecule has 0 radical (unpaired) electrons. The van der Waals surface area contributed by atoms with Crippen LogP contribution in [0.1, 0.15) is 17.5 Å². The molecule has 2 heteroatoms. The van der Waals surface area contributed by atoms with Gasteiger partial charge in [0.25, 0.3) is 0 Å². The van der Waals surface area contributed by atoms with Crippen molar-refractivity contribution < 1.29 is 9.90 Å². The van der Waals surface area contributed by atoms with Gasteiger partial charge < -0.3 is 5.11 Å². The molecule has 2 atom stereocenters. The predicted molar refractivity (Wildman–Crippen MR) is 54.1 cm³/mol. The van der Waals surface area contributed by atoms with Gasteiger partial charge in [0.15, 0.2) is 0 Å². The minimum atomic E-state index is -0.637. The van der Waals surface area contributed by atoms with Crippen LogP contribution in [0.3, 0.4) is 0 Å². The van der Waals surface area contributed by atoms with Gasteiger partial charge in [0.1, 0.15) is 0 Å². The molecule has 1 aromatic carbocycles. The molecule has 0 spiro atoms. The highest BCUT2D eigenvalue weighted by molar-refractivity contribution is 5.73. The lowest BCUT2D eigenvalue weighted by Crippen LogP contribution is -2.01. The maximum absolute atomic E-state index is 10.6. The zero-order valence-corrected chi connectivity index (χ0v) is 8.23. The average molecular weight is 190 g/mol. The highest BCUT2D eigenvalue weighted by Gasteiger charge is 2.42. The molecule has 1 aliphatic carbocycles. The number of carboxylic acids is 1. The van der Waals surface area contributed by atoms with E-state index in [1.807, 2.05) is 0 Å². The molecule has 0 saturated heterocycles. The number of carboxylic acid groups (broad SMARTS) is 1. The second-order valence-electron chi connectivity index (χ2n) is 4.13. The summed E-state index contributed by atoms with van der Waals surface area (Å²) in [4.78, 5) is 10.6. The second-order valence-corrected chi connectivity index (χ2v) is 4.13. The van der Waals surface area contributed by atoms with Gasteiger partial charge in [-0.15, -0.1) is 0 Å². The van der Waals surface area contributed by atoms with Crippen molar-refractivity contribution in [2.45, 2.75) is 19.8 Å². The molecule has 0 bridgehead atoms. The quantitative estimate of drug-likeness (QED) is 0.793. The zero-order valence-electron chi connectivity index (χ0n) is 8.23. The third-order valence-corrected chi connectivity index (χ3v) is 2.86. The number of rotatable bonds is 3. The average Bonchev–Trinajstić information content (AvgIpc) is 2.88. The van der Waals surface area contributed by atoms with Gasteiger partial charge in [-0.25, -0.2) is 0 Å². The number of carbonyl (C=O) groups is 1. The van der Waals surface area contributed by atoms with Crippen molar-refractivity contribution in [2.75, 3.05) is 0 Å². The van der Waals surface area contributed by atoms with E-state index >= 15 is 0 Å². The molecule has 1 aromatic rings. The molecule has 74 valence electrons. The molecule has 0 heterocycles. The van der Waals surface area contributed by atoms with Crippen LogP contribution < -0.4 is 0 Å². The Morgan fingerprint density at radius 1 is 1.43 bits per heavy atom. The van der Waals surface area contributed by atoms with E-state index in [1.165, 1.54) is 11.1 Å². The maximum Gasteiger partial charge on any atom is 0.306 e. The normalized spacial score (nSPS) is 24.6. The topological polar surface area (TPSA) is 37.3 Å². The van der Waals surface area contributed by atoms with Crippen LogP contribution in [0.2, 0.25) is 0 Å². The largest absolute Gasteiger partial charge is 0.481 e. The van der Waals surface area contributed by atoms with E-state index in [0.717, 1.165) is 12.8 Å². The van der Waals surface area contributed by atoms with Crippen LogP contribution in [-0.4, -0.2) is 11.1 Å². The molecule has 1 aliphatic rings. The van der Waals surface area contributed by atoms with Crippen LogP contribution >= 0.6 is 0 Å². The van der Waals surface area contributed by atoms with E-state index in [1.54, 1.807) is 0 Å². The molecule has 2 rings (SSSR count). The van der Waals surface area contributed by atoms with Crippen LogP contribution in [-0.2, 0) is 11.2 Å². The highest BCUT2D eigenvalue weighted by Crippen LogP contribution is 2.41. The summed E-state index contributed by atoms with van der Waals surface area (Å²) in [6.45, 7) is 2.06. The first-order valence-electron chi connectivity index (χ1n) is 4.95. The first-order valence-corrected chi connectivity index (χ1v) is 4.95. The summed E-state index contributed by atoms with van der Waals surface area (Å²) in [6.07, 6.45) is 1.76. The molecule has 14 heavy (non-hydrogen) atoms. The van der Waals surface area contributed by atoms with Crippen LogP contribution in [0, 0.1) is 18.8 Å². The summed E-state index contributed by atoms with van der Waals surface area (Å²) in [5.74, 6) is -0.353. The van der Waals surface area contributed by atoms with Crippen molar-refractivity contribution >= 4 is 5.97 Å². The molecule has 1 N–H and O–H groups in total. The standard InChI is InChI=1S/C12H14O2/c1-8-2-4-9(5-3-8)6-10-7-11(10)12(13)14/h2-5,10-11H,6-7H2,1H3,(H,13,14). The summed E-state index contributed by atoms with van der Waals surface area (Å²) in [7, 11) is 0. The van der Waals surface area contributed by atoms with Crippen molar-refractivity contribution in [3.63, 3.8) is 0 Å². The molecule has 0 amide bonds. The van der Waals surface area contributed by atoms with Gasteiger partial charge in [-0.2, -0.15) is 0 Å². The number of benzene rings is 1. The van der Waals surface area contributed by atoms with Gasteiger partial charge >= 0.3 is 5.97 Å². The fourth-order valence-corrected chi connectivity index (χ4v) is 1.80. The van der Waals surface area contributed by atoms with E-state index < -0.39 is 5.97 Å². The van der Waals surface area contributed by atoms with E-state index in [0.29, 0.717) is 5.92 Å². The molecule has 2 nitrogen and oxygen atoms in total. The Morgan fingerprint density at radius 2 is 2.07 bits per heavy atom. The highest BCUT2D eigenvalue weighted by atomic mass is 16.4. The molecule has 2 unspecified atom stereocenters. The van der Waals surface area contributed by atoms with Crippen LogP contribution in [0.25, 0.3) is 0 Å². The van der Waals surface area contributed by atoms with Gasteiger partial charge in [0.2, 0.25) is 0 Å². The number of aryl methyl sites for hydroxylation is 1. The Bertz CT molecular complexity index is 340. The number of hydrogen-bond acceptors (Lipinski definition) is 1. The molecule has 1 fully saturated rings. The summed E-state index contributed by atoms with van der Waals surface area (Å²) in [6, 6.07) is 8.33. The van der Waals surface area contributed by atoms with Gasteiger partial charge in [-0.3, -0.25) is 4.79 Å². The van der Waals surface area contributed by atoms with E-state index in [-0.39, 0.29) is 5.92 Å². The van der Waals surface area contributed by atoms with Crippen LogP contribution in [0.4, 0.5) is 0 Å². The minimum Gasteiger partial charge on any atom is -0.481 e. The fraction of sp³-hybridized carbons (Fsp3) is 0.417. The predicted octanol–water partition coefficient (Wildman–Crippen LogP) is 2.26. The molecule has 1 saturated carbocycles. The Kier molecular flexibility index (Phi) is 2.28. The third-order valence-electron chi connectivity index (χ3n) is 2.86. The lowest BCUT2D eigenvalue weighted by Gasteiger charge is -1.99. The zero-order chi connectivity index (χ0) is 10.1. The minimum absolute atomic E-state index is 0.0868. The van der Waals surface area contributed by atoms with Gasteiger partial charge in [0.05, 0.1) is 5.92 Å². The van der Waals surface area contributed by atoms with Crippen LogP contribution in [0.5, 0.6) is 0 Å². The van der Waals surface area contributed by atoms with Crippen molar-refractivity contribution in [3.05, 3.63) is 35.4 Å². The summed E-state index contributed by atoms with van der Waals surface area (Å²) in [5.41, 5.74) is 2.50. The lowest BCUT2D eigenvalue weighted by atomic mass is 10.1. The summed E-state index contributed by atoms with van der Waals surface area (Å²) >= 11 is 0. The molecular formula is C12H14O2.